The number of hydrogen-bond donors (Lipinski definition) is 1. The average Bonchev–Trinajstić information content (AvgIpc) is 3.65. The SMILES string of the molecule is COc1ccc(CNc2ncc(C(=O)C(Br)CCc3ccccc3)c3nc(-c4ccco4)nn23)cc1OC. The Morgan fingerprint density at radius 3 is 2.61 bits per heavy atom. The number of nitrogens with one attached hydrogen (secondary N) is 1. The molecule has 0 radical (unpaired) electrons. The van der Waals surface area contributed by atoms with Gasteiger partial charge in [-0.3, -0.25) is 4.79 Å². The lowest BCUT2D eigenvalue weighted by Gasteiger charge is -2.13. The van der Waals surface area contributed by atoms with Crippen LogP contribution in [0.1, 0.15) is 27.9 Å². The van der Waals surface area contributed by atoms with Crippen LogP contribution in [0, 0.1) is 0 Å². The molecule has 0 bridgehead atoms. The molecule has 0 saturated carbocycles. The van der Waals surface area contributed by atoms with E-state index in [1.807, 2.05) is 36.4 Å². The molecule has 1 N–H and O–H groups in total. The summed E-state index contributed by atoms with van der Waals surface area (Å²) in [6.07, 6.45) is 4.50. The molecule has 10 heteroatoms. The molecule has 38 heavy (non-hydrogen) atoms. The monoisotopic (exact) mass is 575 g/mol. The van der Waals surface area contributed by atoms with Crippen LogP contribution in [0.4, 0.5) is 5.95 Å². The zero-order valence-corrected chi connectivity index (χ0v) is 22.5. The molecule has 5 aromatic rings. The largest absolute Gasteiger partial charge is 0.493 e. The maximum Gasteiger partial charge on any atom is 0.226 e. The highest BCUT2D eigenvalue weighted by Crippen LogP contribution is 2.28. The van der Waals surface area contributed by atoms with E-state index < -0.39 is 4.83 Å². The highest BCUT2D eigenvalue weighted by Gasteiger charge is 2.24. The van der Waals surface area contributed by atoms with Gasteiger partial charge < -0.3 is 19.2 Å². The van der Waals surface area contributed by atoms with E-state index in [1.165, 1.54) is 5.56 Å². The molecular weight excluding hydrogens is 550 g/mol. The number of rotatable bonds is 11. The summed E-state index contributed by atoms with van der Waals surface area (Å²) in [7, 11) is 3.19. The number of hydrogen-bond acceptors (Lipinski definition) is 8. The smallest absolute Gasteiger partial charge is 0.226 e. The molecule has 1 atom stereocenters. The van der Waals surface area contributed by atoms with Crippen LogP contribution in [-0.4, -0.2) is 44.4 Å². The molecular formula is C28H26BrN5O4. The Balaban J connectivity index is 1.43. The first-order chi connectivity index (χ1) is 18.6. The molecule has 0 fully saturated rings. The molecule has 3 heterocycles. The first-order valence-electron chi connectivity index (χ1n) is 12.0. The van der Waals surface area contributed by atoms with Crippen molar-refractivity contribution in [2.24, 2.45) is 0 Å². The summed E-state index contributed by atoms with van der Waals surface area (Å²) in [6, 6.07) is 19.3. The molecule has 194 valence electrons. The van der Waals surface area contributed by atoms with Gasteiger partial charge in [-0.05, 0) is 48.2 Å². The number of halogens is 1. The third-order valence-corrected chi connectivity index (χ3v) is 6.96. The van der Waals surface area contributed by atoms with Gasteiger partial charge in [0, 0.05) is 12.7 Å². The summed E-state index contributed by atoms with van der Waals surface area (Å²) in [5.74, 6) is 2.47. The fourth-order valence-corrected chi connectivity index (χ4v) is 4.56. The van der Waals surface area contributed by atoms with Gasteiger partial charge in [-0.15, -0.1) is 5.10 Å². The van der Waals surface area contributed by atoms with Crippen LogP contribution in [0.25, 0.3) is 17.2 Å². The van der Waals surface area contributed by atoms with Gasteiger partial charge >= 0.3 is 0 Å². The molecule has 1 unspecified atom stereocenters. The number of aromatic nitrogens is 4. The lowest BCUT2D eigenvalue weighted by molar-refractivity contribution is 0.0989. The van der Waals surface area contributed by atoms with Crippen molar-refractivity contribution in [3.05, 3.63) is 89.8 Å². The number of benzene rings is 2. The summed E-state index contributed by atoms with van der Waals surface area (Å²) >= 11 is 3.58. The van der Waals surface area contributed by atoms with Crippen LogP contribution < -0.4 is 14.8 Å². The molecule has 5 rings (SSSR count). The quantitative estimate of drug-likeness (QED) is 0.160. The van der Waals surface area contributed by atoms with Crippen LogP contribution in [0.3, 0.4) is 0 Å². The maximum absolute atomic E-state index is 13.5. The lowest BCUT2D eigenvalue weighted by atomic mass is 10.0. The first kappa shape index (κ1) is 25.5. The highest BCUT2D eigenvalue weighted by atomic mass is 79.9. The van der Waals surface area contributed by atoms with Crippen LogP contribution in [-0.2, 0) is 13.0 Å². The topological polar surface area (TPSA) is 104 Å². The van der Waals surface area contributed by atoms with Crippen LogP contribution >= 0.6 is 15.9 Å². The predicted octanol–water partition coefficient (Wildman–Crippen LogP) is 5.59. The predicted molar refractivity (Wildman–Crippen MR) is 147 cm³/mol. The second-order valence-electron chi connectivity index (χ2n) is 8.54. The van der Waals surface area contributed by atoms with Gasteiger partial charge in [-0.1, -0.05) is 52.3 Å². The number of Topliss-reactive ketones (excluding diaryl/α,β-unsaturated/α-hetero) is 1. The number of anilines is 1. The fraction of sp³-hybridized carbons (Fsp3) is 0.214. The zero-order valence-electron chi connectivity index (χ0n) is 20.9. The number of aryl methyl sites for hydroxylation is 1. The standard InChI is InChI=1S/C28H26BrN5O4/c1-36-22-13-11-19(15-24(22)37-2)16-30-28-31-17-20(25(35)21(29)12-10-18-7-4-3-5-8-18)27-32-26(33-34(27)28)23-9-6-14-38-23/h3-9,11,13-15,17,21H,10,12,16H2,1-2H3,(H,30,31). The summed E-state index contributed by atoms with van der Waals surface area (Å²) in [5.41, 5.74) is 2.90. The summed E-state index contributed by atoms with van der Waals surface area (Å²) < 4.78 is 17.8. The number of nitrogens with zero attached hydrogens (tertiary/aromatic N) is 4. The number of carbonyl (C=O) groups is 1. The third-order valence-electron chi connectivity index (χ3n) is 6.08. The Labute approximate surface area is 228 Å². The van der Waals surface area contributed by atoms with Gasteiger partial charge in [-0.2, -0.15) is 4.52 Å². The van der Waals surface area contributed by atoms with E-state index in [-0.39, 0.29) is 5.78 Å². The Kier molecular flexibility index (Phi) is 7.69. The summed E-state index contributed by atoms with van der Waals surface area (Å²) in [4.78, 5) is 22.2. The van der Waals surface area contributed by atoms with Crippen molar-refractivity contribution >= 4 is 33.3 Å². The van der Waals surface area contributed by atoms with Gasteiger partial charge in [0.2, 0.25) is 11.8 Å². The van der Waals surface area contributed by atoms with Crippen molar-refractivity contribution in [1.82, 2.24) is 19.6 Å². The minimum atomic E-state index is -0.400. The Bertz CT molecular complexity index is 1540. The van der Waals surface area contributed by atoms with E-state index in [9.17, 15) is 4.79 Å². The van der Waals surface area contributed by atoms with Crippen molar-refractivity contribution in [1.29, 1.82) is 0 Å². The maximum atomic E-state index is 13.5. The van der Waals surface area contributed by atoms with Crippen LogP contribution in [0.2, 0.25) is 0 Å². The van der Waals surface area contributed by atoms with E-state index in [1.54, 1.807) is 43.3 Å². The number of methoxy groups -OCH3 is 2. The second-order valence-corrected chi connectivity index (χ2v) is 9.65. The van der Waals surface area contributed by atoms with Gasteiger partial charge in [0.1, 0.15) is 0 Å². The third kappa shape index (κ3) is 5.40. The van der Waals surface area contributed by atoms with Crippen molar-refractivity contribution < 1.29 is 18.7 Å². The van der Waals surface area contributed by atoms with Gasteiger partial charge in [-0.25, -0.2) is 9.97 Å². The fourth-order valence-electron chi connectivity index (χ4n) is 4.09. The minimum Gasteiger partial charge on any atom is -0.493 e. The summed E-state index contributed by atoms with van der Waals surface area (Å²) in [5, 5.41) is 7.89. The van der Waals surface area contributed by atoms with Crippen LogP contribution in [0.15, 0.2) is 77.5 Å². The van der Waals surface area contributed by atoms with Gasteiger partial charge in [0.25, 0.3) is 0 Å². The molecule has 0 amide bonds. The minimum absolute atomic E-state index is 0.108. The van der Waals surface area contributed by atoms with E-state index in [0.717, 1.165) is 12.0 Å². The Hall–Kier alpha value is -4.18. The Morgan fingerprint density at radius 2 is 1.87 bits per heavy atom. The molecule has 0 aliphatic rings. The molecule has 2 aromatic carbocycles. The van der Waals surface area contributed by atoms with E-state index in [2.05, 4.69) is 48.4 Å². The molecule has 0 aliphatic carbocycles. The number of carbonyl (C=O) groups excluding carboxylic acids is 1. The van der Waals surface area contributed by atoms with E-state index in [4.69, 9.17) is 13.9 Å². The number of furan rings is 1. The van der Waals surface area contributed by atoms with Gasteiger partial charge in [0.05, 0.1) is 30.9 Å². The molecule has 9 nitrogen and oxygen atoms in total. The molecule has 0 spiro atoms. The number of ketones is 1. The van der Waals surface area contributed by atoms with Crippen molar-refractivity contribution in [2.45, 2.75) is 24.2 Å². The molecule has 3 aromatic heterocycles. The van der Waals surface area contributed by atoms with E-state index in [0.29, 0.717) is 53.2 Å². The Morgan fingerprint density at radius 1 is 1.05 bits per heavy atom. The lowest BCUT2D eigenvalue weighted by Crippen LogP contribution is -2.18. The number of fused-ring (bicyclic) bond motifs is 1. The zero-order chi connectivity index (χ0) is 26.5. The van der Waals surface area contributed by atoms with Crippen molar-refractivity contribution in [2.75, 3.05) is 19.5 Å². The van der Waals surface area contributed by atoms with Crippen molar-refractivity contribution in [3.8, 4) is 23.1 Å². The molecule has 0 saturated heterocycles. The van der Waals surface area contributed by atoms with Crippen LogP contribution in [0.5, 0.6) is 11.5 Å². The number of alkyl halides is 1. The van der Waals surface area contributed by atoms with E-state index >= 15 is 0 Å². The van der Waals surface area contributed by atoms with Crippen molar-refractivity contribution in [3.63, 3.8) is 0 Å². The first-order valence-corrected chi connectivity index (χ1v) is 13.0. The normalized spacial score (nSPS) is 11.9. The highest BCUT2D eigenvalue weighted by molar-refractivity contribution is 9.10. The second kappa shape index (κ2) is 11.5. The average molecular weight is 576 g/mol. The molecule has 0 aliphatic heterocycles. The van der Waals surface area contributed by atoms with Gasteiger partial charge in [0.15, 0.2) is 28.7 Å². The summed E-state index contributed by atoms with van der Waals surface area (Å²) in [6.45, 7) is 0.434. The number of ether oxygens (including phenoxy) is 2.